The predicted molar refractivity (Wildman–Crippen MR) is 83.3 cm³/mol. The minimum absolute atomic E-state index is 0.161. The van der Waals surface area contributed by atoms with E-state index in [0.29, 0.717) is 16.4 Å². The molecule has 0 radical (unpaired) electrons. The van der Waals surface area contributed by atoms with E-state index in [2.05, 4.69) is 10.0 Å². The Bertz CT molecular complexity index is 733. The van der Waals surface area contributed by atoms with Crippen molar-refractivity contribution in [1.82, 2.24) is 0 Å². The highest BCUT2D eigenvalue weighted by Crippen LogP contribution is 2.28. The molecule has 0 atom stereocenters. The molecule has 7 heteroatoms. The second kappa shape index (κ2) is 5.91. The molecule has 0 saturated carbocycles. The molecule has 2 N–H and O–H groups in total. The minimum atomic E-state index is -3.70. The summed E-state index contributed by atoms with van der Waals surface area (Å²) in [5.41, 5.74) is 0.866. The van der Waals surface area contributed by atoms with Crippen molar-refractivity contribution in [3.8, 4) is 0 Å². The maximum atomic E-state index is 12.4. The van der Waals surface area contributed by atoms with Gasteiger partial charge in [0.25, 0.3) is 10.0 Å². The molecule has 0 aliphatic heterocycles. The van der Waals surface area contributed by atoms with E-state index in [4.69, 9.17) is 23.2 Å². The molecule has 0 aliphatic rings. The number of rotatable bonds is 4. The van der Waals surface area contributed by atoms with Crippen molar-refractivity contribution in [1.29, 1.82) is 0 Å². The van der Waals surface area contributed by atoms with Crippen LogP contribution >= 0.6 is 23.2 Å². The quantitative estimate of drug-likeness (QED) is 0.895. The number of hydrogen-bond donors (Lipinski definition) is 2. The Balaban J connectivity index is 2.38. The van der Waals surface area contributed by atoms with Crippen molar-refractivity contribution < 1.29 is 8.42 Å². The largest absolute Gasteiger partial charge is 0.387 e. The van der Waals surface area contributed by atoms with Crippen LogP contribution in [0.15, 0.2) is 47.4 Å². The number of halogens is 2. The van der Waals surface area contributed by atoms with E-state index >= 15 is 0 Å². The summed E-state index contributed by atoms with van der Waals surface area (Å²) in [5, 5.41) is 3.49. The number of para-hydroxylation sites is 1. The molecule has 20 heavy (non-hydrogen) atoms. The van der Waals surface area contributed by atoms with E-state index in [9.17, 15) is 8.42 Å². The molecular formula is C13H12Cl2N2O2S. The van der Waals surface area contributed by atoms with Gasteiger partial charge in [0.1, 0.15) is 4.90 Å². The summed E-state index contributed by atoms with van der Waals surface area (Å²) in [5.74, 6) is 0. The van der Waals surface area contributed by atoms with Crippen molar-refractivity contribution in [2.75, 3.05) is 17.1 Å². The molecule has 0 bridgehead atoms. The van der Waals surface area contributed by atoms with Gasteiger partial charge in [-0.25, -0.2) is 8.42 Å². The summed E-state index contributed by atoms with van der Waals surface area (Å²) in [6.45, 7) is 0. The molecule has 0 spiro atoms. The lowest BCUT2D eigenvalue weighted by molar-refractivity contribution is 0.601. The fourth-order valence-electron chi connectivity index (χ4n) is 1.68. The average Bonchev–Trinajstić information content (AvgIpc) is 2.42. The molecule has 0 heterocycles. The second-order valence-electron chi connectivity index (χ2n) is 3.98. The van der Waals surface area contributed by atoms with Crippen LogP contribution in [0.3, 0.4) is 0 Å². The zero-order valence-electron chi connectivity index (χ0n) is 10.5. The smallest absolute Gasteiger partial charge is 0.263 e. The van der Waals surface area contributed by atoms with Crippen molar-refractivity contribution in [3.63, 3.8) is 0 Å². The first kappa shape index (κ1) is 15.0. The van der Waals surface area contributed by atoms with Gasteiger partial charge >= 0.3 is 0 Å². The Morgan fingerprint density at radius 3 is 2.35 bits per heavy atom. The summed E-state index contributed by atoms with van der Waals surface area (Å²) < 4.78 is 27.2. The highest BCUT2D eigenvalue weighted by molar-refractivity contribution is 7.92. The lowest BCUT2D eigenvalue weighted by Crippen LogP contribution is -2.14. The first-order valence-electron chi connectivity index (χ1n) is 5.68. The fraction of sp³-hybridized carbons (Fsp3) is 0.0769. The van der Waals surface area contributed by atoms with Gasteiger partial charge in [0.05, 0.1) is 21.4 Å². The average molecular weight is 331 g/mol. The summed E-state index contributed by atoms with van der Waals surface area (Å²) in [6.07, 6.45) is 0. The summed E-state index contributed by atoms with van der Waals surface area (Å²) >= 11 is 11.7. The van der Waals surface area contributed by atoms with Crippen molar-refractivity contribution in [3.05, 3.63) is 52.5 Å². The molecule has 4 nitrogen and oxygen atoms in total. The van der Waals surface area contributed by atoms with Gasteiger partial charge in [-0.2, -0.15) is 0 Å². The Morgan fingerprint density at radius 2 is 1.70 bits per heavy atom. The maximum Gasteiger partial charge on any atom is 0.263 e. The number of sulfonamides is 1. The molecule has 0 fully saturated rings. The van der Waals surface area contributed by atoms with Gasteiger partial charge in [0, 0.05) is 7.05 Å². The lowest BCUT2D eigenvalue weighted by Gasteiger charge is -2.12. The first-order valence-corrected chi connectivity index (χ1v) is 7.92. The highest BCUT2D eigenvalue weighted by Gasteiger charge is 2.18. The molecule has 2 rings (SSSR count). The topological polar surface area (TPSA) is 58.2 Å². The predicted octanol–water partition coefficient (Wildman–Crippen LogP) is 3.84. The van der Waals surface area contributed by atoms with Crippen molar-refractivity contribution in [2.45, 2.75) is 4.90 Å². The number of nitrogens with one attached hydrogen (secondary N) is 2. The van der Waals surface area contributed by atoms with E-state index in [1.165, 1.54) is 18.2 Å². The standard InChI is InChI=1S/C13H12Cl2N2O2S/c1-16-12-4-2-3-5-13(12)20(18,19)17-9-6-7-10(14)11(15)8-9/h2-8,16-17H,1H3. The Hall–Kier alpha value is -1.43. The maximum absolute atomic E-state index is 12.4. The molecule has 0 amide bonds. The van der Waals surface area contributed by atoms with Crippen LogP contribution in [0.1, 0.15) is 0 Å². The molecule has 106 valence electrons. The monoisotopic (exact) mass is 330 g/mol. The van der Waals surface area contributed by atoms with Crippen LogP contribution in [0.25, 0.3) is 0 Å². The van der Waals surface area contributed by atoms with Gasteiger partial charge in [-0.3, -0.25) is 4.72 Å². The minimum Gasteiger partial charge on any atom is -0.387 e. The highest BCUT2D eigenvalue weighted by atomic mass is 35.5. The van der Waals surface area contributed by atoms with Crippen LogP contribution in [-0.2, 0) is 10.0 Å². The summed E-state index contributed by atoms with van der Waals surface area (Å²) in [6, 6.07) is 11.2. The van der Waals surface area contributed by atoms with Gasteiger partial charge in [-0.1, -0.05) is 35.3 Å². The Kier molecular flexibility index (Phi) is 4.42. The van der Waals surface area contributed by atoms with E-state index in [0.717, 1.165) is 0 Å². The SMILES string of the molecule is CNc1ccccc1S(=O)(=O)Nc1ccc(Cl)c(Cl)c1. The van der Waals surface area contributed by atoms with Gasteiger partial charge in [-0.05, 0) is 30.3 Å². The molecule has 2 aromatic carbocycles. The van der Waals surface area contributed by atoms with Crippen LogP contribution in [0.4, 0.5) is 11.4 Å². The van der Waals surface area contributed by atoms with Crippen LogP contribution in [0, 0.1) is 0 Å². The van der Waals surface area contributed by atoms with Crippen LogP contribution in [-0.4, -0.2) is 15.5 Å². The normalized spacial score (nSPS) is 11.2. The first-order chi connectivity index (χ1) is 9.44. The van der Waals surface area contributed by atoms with Crippen LogP contribution < -0.4 is 10.0 Å². The molecule has 0 unspecified atom stereocenters. The fourth-order valence-corrected chi connectivity index (χ4v) is 3.24. The van der Waals surface area contributed by atoms with Crippen LogP contribution in [0.5, 0.6) is 0 Å². The number of anilines is 2. The summed E-state index contributed by atoms with van der Waals surface area (Å²) in [7, 11) is -2.04. The molecule has 0 aliphatic carbocycles. The van der Waals surface area contributed by atoms with Crippen molar-refractivity contribution in [2.24, 2.45) is 0 Å². The number of hydrogen-bond acceptors (Lipinski definition) is 3. The number of benzene rings is 2. The zero-order chi connectivity index (χ0) is 14.8. The third-order valence-electron chi connectivity index (χ3n) is 2.62. The molecule has 0 aromatic heterocycles. The molecule has 2 aromatic rings. The zero-order valence-corrected chi connectivity index (χ0v) is 12.9. The lowest BCUT2D eigenvalue weighted by atomic mass is 10.3. The van der Waals surface area contributed by atoms with Gasteiger partial charge in [0.15, 0.2) is 0 Å². The van der Waals surface area contributed by atoms with Gasteiger partial charge in [0.2, 0.25) is 0 Å². The van der Waals surface area contributed by atoms with E-state index in [-0.39, 0.29) is 9.92 Å². The Morgan fingerprint density at radius 1 is 1.00 bits per heavy atom. The Labute approximate surface area is 127 Å². The summed E-state index contributed by atoms with van der Waals surface area (Å²) in [4.78, 5) is 0.161. The van der Waals surface area contributed by atoms with E-state index in [1.807, 2.05) is 0 Å². The van der Waals surface area contributed by atoms with Gasteiger partial charge in [-0.15, -0.1) is 0 Å². The van der Waals surface area contributed by atoms with Crippen LogP contribution in [0.2, 0.25) is 10.0 Å². The molecule has 0 saturated heterocycles. The second-order valence-corrected chi connectivity index (χ2v) is 6.45. The van der Waals surface area contributed by atoms with E-state index < -0.39 is 10.0 Å². The molecular weight excluding hydrogens is 319 g/mol. The third kappa shape index (κ3) is 3.17. The van der Waals surface area contributed by atoms with Crippen molar-refractivity contribution >= 4 is 44.6 Å². The third-order valence-corrected chi connectivity index (χ3v) is 4.80. The van der Waals surface area contributed by atoms with E-state index in [1.54, 1.807) is 31.3 Å². The van der Waals surface area contributed by atoms with Gasteiger partial charge < -0.3 is 5.32 Å².